The number of anilines is 1. The van der Waals surface area contributed by atoms with Crippen LogP contribution in [-0.4, -0.2) is 23.0 Å². The highest BCUT2D eigenvalue weighted by molar-refractivity contribution is 6.32. The zero-order valence-electron chi connectivity index (χ0n) is 10.1. The number of aromatic nitrogens is 2. The van der Waals surface area contributed by atoms with Gasteiger partial charge in [-0.1, -0.05) is 17.7 Å². The fourth-order valence-electron chi connectivity index (χ4n) is 1.48. The molecule has 0 spiro atoms. The molecule has 0 saturated carbocycles. The van der Waals surface area contributed by atoms with E-state index in [4.69, 9.17) is 22.1 Å². The number of halogens is 1. The van der Waals surface area contributed by atoms with E-state index in [9.17, 15) is 0 Å². The number of hydrogen-bond donors (Lipinski definition) is 1. The molecule has 18 heavy (non-hydrogen) atoms. The van der Waals surface area contributed by atoms with Crippen molar-refractivity contribution < 1.29 is 4.74 Å². The van der Waals surface area contributed by atoms with Crippen molar-refractivity contribution in [2.24, 2.45) is 5.10 Å². The van der Waals surface area contributed by atoms with E-state index in [0.29, 0.717) is 16.7 Å². The lowest BCUT2D eigenvalue weighted by atomic mass is 10.2. The Kier molecular flexibility index (Phi) is 3.53. The van der Waals surface area contributed by atoms with E-state index >= 15 is 0 Å². The molecule has 0 fully saturated rings. The molecule has 0 aliphatic rings. The third-order valence-electron chi connectivity index (χ3n) is 2.34. The zero-order valence-corrected chi connectivity index (χ0v) is 10.8. The molecule has 0 unspecified atom stereocenters. The second kappa shape index (κ2) is 5.10. The maximum Gasteiger partial charge on any atom is 0.221 e. The molecule has 0 bridgehead atoms. The Morgan fingerprint density at radius 3 is 2.89 bits per heavy atom. The maximum atomic E-state index is 5.94. The van der Waals surface area contributed by atoms with Crippen molar-refractivity contribution in [3.8, 4) is 5.75 Å². The molecule has 0 aliphatic heterocycles. The summed E-state index contributed by atoms with van der Waals surface area (Å²) in [5.41, 5.74) is 7.36. The van der Waals surface area contributed by atoms with Gasteiger partial charge in [0.05, 0.1) is 30.2 Å². The minimum Gasteiger partial charge on any atom is -0.495 e. The van der Waals surface area contributed by atoms with Gasteiger partial charge in [-0.25, -0.2) is 9.66 Å². The third kappa shape index (κ3) is 2.62. The molecule has 2 aromatic rings. The van der Waals surface area contributed by atoms with E-state index in [1.165, 1.54) is 4.68 Å². The first-order valence-corrected chi connectivity index (χ1v) is 5.67. The summed E-state index contributed by atoms with van der Waals surface area (Å²) in [7, 11) is 1.57. The Morgan fingerprint density at radius 1 is 1.50 bits per heavy atom. The van der Waals surface area contributed by atoms with E-state index in [2.05, 4.69) is 10.1 Å². The molecule has 1 aromatic heterocycles. The molecule has 0 amide bonds. The molecular weight excluding hydrogens is 252 g/mol. The molecule has 5 nitrogen and oxygen atoms in total. The van der Waals surface area contributed by atoms with Gasteiger partial charge in [-0.05, 0) is 24.6 Å². The van der Waals surface area contributed by atoms with Crippen molar-refractivity contribution in [3.05, 3.63) is 40.7 Å². The third-order valence-corrected chi connectivity index (χ3v) is 2.65. The standard InChI is InChI=1S/C12H13ClN4O/c1-8-7-17(12(14)16-8)15-6-9-3-4-10(13)11(5-9)18-2/h3-7H,1-2H3,(H2,14,16). The Hall–Kier alpha value is -2.01. The van der Waals surface area contributed by atoms with Crippen molar-refractivity contribution >= 4 is 23.8 Å². The van der Waals surface area contributed by atoms with Crippen LogP contribution >= 0.6 is 11.6 Å². The molecule has 0 radical (unpaired) electrons. The van der Waals surface area contributed by atoms with Gasteiger partial charge in [0.2, 0.25) is 5.95 Å². The Morgan fingerprint density at radius 2 is 2.28 bits per heavy atom. The number of nitrogen functional groups attached to an aromatic ring is 1. The summed E-state index contributed by atoms with van der Waals surface area (Å²) in [6, 6.07) is 5.39. The molecular formula is C12H13ClN4O. The number of methoxy groups -OCH3 is 1. The van der Waals surface area contributed by atoms with Crippen LogP contribution in [0.25, 0.3) is 0 Å². The van der Waals surface area contributed by atoms with Crippen LogP contribution in [0.4, 0.5) is 5.95 Å². The first-order chi connectivity index (χ1) is 8.60. The number of nitrogens with two attached hydrogens (primary N) is 1. The largest absolute Gasteiger partial charge is 0.495 e. The SMILES string of the molecule is COc1cc(C=Nn2cc(C)nc2N)ccc1Cl. The van der Waals surface area contributed by atoms with Crippen molar-refractivity contribution in [3.63, 3.8) is 0 Å². The summed E-state index contributed by atoms with van der Waals surface area (Å²) in [6.07, 6.45) is 3.41. The van der Waals surface area contributed by atoms with E-state index in [0.717, 1.165) is 11.3 Å². The predicted molar refractivity (Wildman–Crippen MR) is 72.4 cm³/mol. The monoisotopic (exact) mass is 264 g/mol. The van der Waals surface area contributed by atoms with Crippen molar-refractivity contribution in [1.82, 2.24) is 9.66 Å². The summed E-state index contributed by atoms with van der Waals surface area (Å²) in [5, 5.41) is 4.77. The van der Waals surface area contributed by atoms with Gasteiger partial charge in [0.15, 0.2) is 0 Å². The van der Waals surface area contributed by atoms with Crippen LogP contribution < -0.4 is 10.5 Å². The van der Waals surface area contributed by atoms with Gasteiger partial charge in [-0.2, -0.15) is 5.10 Å². The van der Waals surface area contributed by atoms with Gasteiger partial charge in [0.1, 0.15) is 5.75 Å². The molecule has 1 aromatic carbocycles. The van der Waals surface area contributed by atoms with Crippen LogP contribution in [0.3, 0.4) is 0 Å². The van der Waals surface area contributed by atoms with E-state index in [1.54, 1.807) is 31.7 Å². The van der Waals surface area contributed by atoms with Crippen molar-refractivity contribution in [2.45, 2.75) is 6.92 Å². The lowest BCUT2D eigenvalue weighted by Crippen LogP contribution is -1.97. The van der Waals surface area contributed by atoms with Crippen LogP contribution in [0.2, 0.25) is 5.02 Å². The maximum absolute atomic E-state index is 5.94. The lowest BCUT2D eigenvalue weighted by Gasteiger charge is -2.03. The minimum atomic E-state index is 0.352. The highest BCUT2D eigenvalue weighted by Crippen LogP contribution is 2.24. The summed E-state index contributed by atoms with van der Waals surface area (Å²) in [5.74, 6) is 0.958. The Bertz CT molecular complexity index is 592. The topological polar surface area (TPSA) is 65.4 Å². The molecule has 0 aliphatic carbocycles. The predicted octanol–water partition coefficient (Wildman–Crippen LogP) is 2.32. The highest BCUT2D eigenvalue weighted by Gasteiger charge is 2.01. The number of aryl methyl sites for hydroxylation is 1. The van der Waals surface area contributed by atoms with Crippen LogP contribution in [0.15, 0.2) is 29.5 Å². The Balaban J connectivity index is 2.26. The van der Waals surface area contributed by atoms with Crippen LogP contribution in [0, 0.1) is 6.92 Å². The van der Waals surface area contributed by atoms with Crippen molar-refractivity contribution in [2.75, 3.05) is 12.8 Å². The summed E-state index contributed by atoms with van der Waals surface area (Å²) < 4.78 is 6.64. The van der Waals surface area contributed by atoms with Crippen LogP contribution in [0.1, 0.15) is 11.3 Å². The molecule has 6 heteroatoms. The minimum absolute atomic E-state index is 0.352. The van der Waals surface area contributed by atoms with Crippen molar-refractivity contribution in [1.29, 1.82) is 0 Å². The molecule has 0 saturated heterocycles. The number of ether oxygens (including phenoxy) is 1. The van der Waals surface area contributed by atoms with Gasteiger partial charge in [-0.3, -0.25) is 0 Å². The second-order valence-corrected chi connectivity index (χ2v) is 4.13. The average Bonchev–Trinajstić information content (AvgIpc) is 2.67. The molecule has 2 N–H and O–H groups in total. The van der Waals surface area contributed by atoms with Gasteiger partial charge in [-0.15, -0.1) is 0 Å². The molecule has 1 heterocycles. The normalized spacial score (nSPS) is 11.1. The van der Waals surface area contributed by atoms with Gasteiger partial charge < -0.3 is 10.5 Å². The van der Waals surface area contributed by atoms with Gasteiger partial charge in [0, 0.05) is 0 Å². The number of hydrogen-bond acceptors (Lipinski definition) is 4. The number of imidazole rings is 1. The first kappa shape index (κ1) is 12.4. The molecule has 0 atom stereocenters. The number of rotatable bonds is 3. The van der Waals surface area contributed by atoms with Gasteiger partial charge in [0.25, 0.3) is 0 Å². The zero-order chi connectivity index (χ0) is 13.1. The van der Waals surface area contributed by atoms with Crippen LogP contribution in [0.5, 0.6) is 5.75 Å². The Labute approximate surface area is 110 Å². The smallest absolute Gasteiger partial charge is 0.221 e. The number of benzene rings is 1. The number of nitrogens with zero attached hydrogens (tertiary/aromatic N) is 3. The first-order valence-electron chi connectivity index (χ1n) is 5.29. The fraction of sp³-hybridized carbons (Fsp3) is 0.167. The summed E-state index contributed by atoms with van der Waals surface area (Å²) in [4.78, 5) is 4.05. The van der Waals surface area contributed by atoms with E-state index < -0.39 is 0 Å². The second-order valence-electron chi connectivity index (χ2n) is 3.72. The highest BCUT2D eigenvalue weighted by atomic mass is 35.5. The van der Waals surface area contributed by atoms with E-state index in [-0.39, 0.29) is 0 Å². The summed E-state index contributed by atoms with van der Waals surface area (Å²) in [6.45, 7) is 1.85. The lowest BCUT2D eigenvalue weighted by molar-refractivity contribution is 0.415. The van der Waals surface area contributed by atoms with E-state index in [1.807, 2.05) is 13.0 Å². The van der Waals surface area contributed by atoms with Gasteiger partial charge >= 0.3 is 0 Å². The average molecular weight is 265 g/mol. The fourth-order valence-corrected chi connectivity index (χ4v) is 1.68. The quantitative estimate of drug-likeness (QED) is 0.865. The van der Waals surface area contributed by atoms with Crippen LogP contribution in [-0.2, 0) is 0 Å². The summed E-state index contributed by atoms with van der Waals surface area (Å²) >= 11 is 5.94. The molecule has 2 rings (SSSR count). The molecule has 94 valence electrons.